The lowest BCUT2D eigenvalue weighted by atomic mass is 9.98. The molecule has 1 saturated heterocycles. The zero-order valence-corrected chi connectivity index (χ0v) is 14.1. The second-order valence-electron chi connectivity index (χ2n) is 6.52. The van der Waals surface area contributed by atoms with Crippen LogP contribution in [0.3, 0.4) is 0 Å². The molecule has 2 heterocycles. The topological polar surface area (TPSA) is 67.3 Å². The lowest BCUT2D eigenvalue weighted by Gasteiger charge is -2.34. The maximum absolute atomic E-state index is 12.1. The van der Waals surface area contributed by atoms with E-state index in [4.69, 9.17) is 16.3 Å². The molecule has 0 aliphatic carbocycles. The smallest absolute Gasteiger partial charge is 0.410 e. The molecular formula is C15H23ClN4O2. The molecule has 0 spiro atoms. The number of hydrogen-bond acceptors (Lipinski definition) is 5. The van der Waals surface area contributed by atoms with Gasteiger partial charge in [-0.1, -0.05) is 11.6 Å². The number of carbonyl (C=O) groups is 1. The standard InChI is InChI=1S/C15H23ClN4O2/c1-15(2,3)22-14(21)20-8-4-5-11(10-20)9-18-13-17-7-6-12(16)19-13/h6-7,11H,4-5,8-10H2,1-3H3,(H,17,18,19)/t11-/m1/s1. The Kier molecular flexibility index (Phi) is 5.45. The monoisotopic (exact) mass is 326 g/mol. The van der Waals surface area contributed by atoms with Crippen molar-refractivity contribution >= 4 is 23.6 Å². The fourth-order valence-electron chi connectivity index (χ4n) is 2.38. The Labute approximate surface area is 136 Å². The van der Waals surface area contributed by atoms with Crippen molar-refractivity contribution in [2.75, 3.05) is 25.0 Å². The number of aromatic nitrogens is 2. The first kappa shape index (κ1) is 16.8. The van der Waals surface area contributed by atoms with Gasteiger partial charge < -0.3 is 15.0 Å². The number of ether oxygens (including phenoxy) is 1. The van der Waals surface area contributed by atoms with Crippen molar-refractivity contribution in [1.82, 2.24) is 14.9 Å². The molecule has 7 heteroatoms. The zero-order chi connectivity index (χ0) is 16.2. The molecule has 1 atom stereocenters. The first-order valence-corrected chi connectivity index (χ1v) is 7.91. The van der Waals surface area contributed by atoms with E-state index in [1.54, 1.807) is 17.2 Å². The van der Waals surface area contributed by atoms with Crippen LogP contribution in [0.1, 0.15) is 33.6 Å². The van der Waals surface area contributed by atoms with Gasteiger partial charge in [-0.05, 0) is 45.6 Å². The van der Waals surface area contributed by atoms with Crippen LogP contribution < -0.4 is 5.32 Å². The summed E-state index contributed by atoms with van der Waals surface area (Å²) in [7, 11) is 0. The lowest BCUT2D eigenvalue weighted by molar-refractivity contribution is 0.0172. The Morgan fingerprint density at radius 2 is 2.32 bits per heavy atom. The minimum atomic E-state index is -0.461. The van der Waals surface area contributed by atoms with Crippen molar-refractivity contribution in [2.45, 2.75) is 39.2 Å². The fourth-order valence-corrected chi connectivity index (χ4v) is 2.52. The molecule has 1 aliphatic rings. The second-order valence-corrected chi connectivity index (χ2v) is 6.91. The third kappa shape index (κ3) is 5.33. The minimum absolute atomic E-state index is 0.240. The molecule has 0 bridgehead atoms. The number of nitrogens with one attached hydrogen (secondary N) is 1. The molecule has 122 valence electrons. The van der Waals surface area contributed by atoms with Gasteiger partial charge in [0.2, 0.25) is 5.95 Å². The molecular weight excluding hydrogens is 304 g/mol. The quantitative estimate of drug-likeness (QED) is 0.864. The number of carbonyl (C=O) groups excluding carboxylic acids is 1. The van der Waals surface area contributed by atoms with E-state index in [2.05, 4.69) is 15.3 Å². The average molecular weight is 327 g/mol. The highest BCUT2D eigenvalue weighted by Crippen LogP contribution is 2.19. The molecule has 2 rings (SSSR count). The molecule has 1 aromatic heterocycles. The van der Waals surface area contributed by atoms with Gasteiger partial charge in [0.05, 0.1) is 0 Å². The second kappa shape index (κ2) is 7.13. The first-order valence-electron chi connectivity index (χ1n) is 7.54. The molecule has 0 unspecified atom stereocenters. The van der Waals surface area contributed by atoms with Gasteiger partial charge in [0.25, 0.3) is 0 Å². The molecule has 0 aromatic carbocycles. The zero-order valence-electron chi connectivity index (χ0n) is 13.3. The van der Waals surface area contributed by atoms with Crippen LogP contribution in [0.15, 0.2) is 12.3 Å². The number of likely N-dealkylation sites (tertiary alicyclic amines) is 1. The number of halogens is 1. The number of piperidine rings is 1. The first-order chi connectivity index (χ1) is 10.3. The summed E-state index contributed by atoms with van der Waals surface area (Å²) in [5.41, 5.74) is -0.461. The highest BCUT2D eigenvalue weighted by Gasteiger charge is 2.27. The van der Waals surface area contributed by atoms with E-state index in [-0.39, 0.29) is 6.09 Å². The summed E-state index contributed by atoms with van der Waals surface area (Å²) < 4.78 is 5.43. The third-order valence-electron chi connectivity index (χ3n) is 3.34. The minimum Gasteiger partial charge on any atom is -0.444 e. The van der Waals surface area contributed by atoms with Crippen molar-refractivity contribution in [1.29, 1.82) is 0 Å². The van der Waals surface area contributed by atoms with Gasteiger partial charge >= 0.3 is 6.09 Å². The molecule has 0 radical (unpaired) electrons. The molecule has 0 saturated carbocycles. The van der Waals surface area contributed by atoms with Crippen LogP contribution >= 0.6 is 11.6 Å². The van der Waals surface area contributed by atoms with Gasteiger partial charge in [0, 0.05) is 25.8 Å². The molecule has 1 aromatic rings. The summed E-state index contributed by atoms with van der Waals surface area (Å²) in [5, 5.41) is 3.59. The van der Waals surface area contributed by atoms with Crippen LogP contribution in [0.2, 0.25) is 5.15 Å². The van der Waals surface area contributed by atoms with E-state index < -0.39 is 5.60 Å². The maximum Gasteiger partial charge on any atom is 0.410 e. The highest BCUT2D eigenvalue weighted by atomic mass is 35.5. The van der Waals surface area contributed by atoms with Crippen molar-refractivity contribution in [2.24, 2.45) is 5.92 Å². The molecule has 1 amide bonds. The largest absolute Gasteiger partial charge is 0.444 e. The number of amides is 1. The summed E-state index contributed by atoms with van der Waals surface area (Å²) >= 11 is 5.83. The summed E-state index contributed by atoms with van der Waals surface area (Å²) in [6, 6.07) is 1.64. The van der Waals surface area contributed by atoms with Gasteiger partial charge in [-0.2, -0.15) is 0 Å². The van der Waals surface area contributed by atoms with Crippen LogP contribution in [-0.4, -0.2) is 46.2 Å². The Balaban J connectivity index is 1.84. The van der Waals surface area contributed by atoms with Crippen molar-refractivity contribution in [3.05, 3.63) is 17.4 Å². The van der Waals surface area contributed by atoms with Gasteiger partial charge in [-0.3, -0.25) is 0 Å². The Hall–Kier alpha value is -1.56. The van der Waals surface area contributed by atoms with Crippen LogP contribution in [0.5, 0.6) is 0 Å². The van der Waals surface area contributed by atoms with Gasteiger partial charge in [0.1, 0.15) is 10.8 Å². The van der Waals surface area contributed by atoms with E-state index in [0.717, 1.165) is 19.4 Å². The van der Waals surface area contributed by atoms with Crippen LogP contribution in [0.4, 0.5) is 10.7 Å². The third-order valence-corrected chi connectivity index (χ3v) is 3.55. The van der Waals surface area contributed by atoms with Gasteiger partial charge in [-0.15, -0.1) is 0 Å². The summed E-state index contributed by atoms with van der Waals surface area (Å²) in [4.78, 5) is 22.1. The Bertz CT molecular complexity index is 519. The Morgan fingerprint density at radius 1 is 1.55 bits per heavy atom. The average Bonchev–Trinajstić information content (AvgIpc) is 2.44. The lowest BCUT2D eigenvalue weighted by Crippen LogP contribution is -2.44. The summed E-state index contributed by atoms with van der Waals surface area (Å²) in [5.74, 6) is 0.866. The number of nitrogens with zero attached hydrogens (tertiary/aromatic N) is 3. The van der Waals surface area contributed by atoms with Gasteiger partial charge in [-0.25, -0.2) is 14.8 Å². The van der Waals surface area contributed by atoms with Crippen LogP contribution in [-0.2, 0) is 4.74 Å². The fraction of sp³-hybridized carbons (Fsp3) is 0.667. The molecule has 1 fully saturated rings. The maximum atomic E-state index is 12.1. The summed E-state index contributed by atoms with van der Waals surface area (Å²) in [6.07, 6.45) is 3.41. The normalized spacial score (nSPS) is 18.9. The molecule has 1 N–H and O–H groups in total. The number of anilines is 1. The number of rotatable bonds is 3. The molecule has 22 heavy (non-hydrogen) atoms. The Morgan fingerprint density at radius 3 is 3.00 bits per heavy atom. The van der Waals surface area contributed by atoms with Crippen LogP contribution in [0.25, 0.3) is 0 Å². The van der Waals surface area contributed by atoms with Gasteiger partial charge in [0.15, 0.2) is 0 Å². The predicted molar refractivity (Wildman–Crippen MR) is 86.1 cm³/mol. The molecule has 6 nitrogen and oxygen atoms in total. The highest BCUT2D eigenvalue weighted by molar-refractivity contribution is 6.29. The van der Waals surface area contributed by atoms with E-state index in [0.29, 0.717) is 30.1 Å². The van der Waals surface area contributed by atoms with Crippen LogP contribution in [0, 0.1) is 5.92 Å². The van der Waals surface area contributed by atoms with E-state index in [1.807, 2.05) is 20.8 Å². The summed E-state index contributed by atoms with van der Waals surface area (Å²) in [6.45, 7) is 7.78. The predicted octanol–water partition coefficient (Wildman–Crippen LogP) is 3.19. The molecule has 1 aliphatic heterocycles. The van der Waals surface area contributed by atoms with E-state index in [9.17, 15) is 4.79 Å². The van der Waals surface area contributed by atoms with Crippen molar-refractivity contribution in [3.8, 4) is 0 Å². The number of hydrogen-bond donors (Lipinski definition) is 1. The van der Waals surface area contributed by atoms with Crippen molar-refractivity contribution < 1.29 is 9.53 Å². The SMILES string of the molecule is CC(C)(C)OC(=O)N1CCC[C@H](CNc2nccc(Cl)n2)C1. The van der Waals surface area contributed by atoms with E-state index in [1.165, 1.54) is 0 Å². The van der Waals surface area contributed by atoms with E-state index >= 15 is 0 Å². The van der Waals surface area contributed by atoms with Crippen molar-refractivity contribution in [3.63, 3.8) is 0 Å².